The maximum atomic E-state index is 10.5. The maximum absolute atomic E-state index is 10.5. The molecule has 27 heavy (non-hydrogen) atoms. The van der Waals surface area contributed by atoms with Crippen LogP contribution in [0.1, 0.15) is 24.0 Å². The van der Waals surface area contributed by atoms with Gasteiger partial charge in [-0.25, -0.2) is 0 Å². The van der Waals surface area contributed by atoms with Crippen molar-refractivity contribution < 1.29 is 14.3 Å². The highest BCUT2D eigenvalue weighted by Crippen LogP contribution is 2.29. The van der Waals surface area contributed by atoms with Crippen molar-refractivity contribution in [2.24, 2.45) is 0 Å². The topological polar surface area (TPSA) is 35.5 Å². The van der Waals surface area contributed by atoms with Crippen LogP contribution in [0.15, 0.2) is 72.8 Å². The predicted molar refractivity (Wildman–Crippen MR) is 108 cm³/mol. The zero-order chi connectivity index (χ0) is 18.9. The highest BCUT2D eigenvalue weighted by molar-refractivity contribution is 5.67. The molecule has 138 valence electrons. The molecular weight excluding hydrogens is 336 g/mol. The number of unbranched alkanes of at least 4 members (excludes halogenated alkanes) is 1. The Kier molecular flexibility index (Phi) is 6.64. The number of hydrogen-bond acceptors (Lipinski definition) is 3. The molecule has 0 spiro atoms. The molecule has 3 rings (SSSR count). The molecule has 0 saturated heterocycles. The summed E-state index contributed by atoms with van der Waals surface area (Å²) in [6.45, 7) is 0.559. The zero-order valence-electron chi connectivity index (χ0n) is 15.6. The molecule has 3 nitrogen and oxygen atoms in total. The van der Waals surface area contributed by atoms with Gasteiger partial charge in [0, 0.05) is 6.42 Å². The fraction of sp³-hybridized carbons (Fsp3) is 0.208. The monoisotopic (exact) mass is 360 g/mol. The van der Waals surface area contributed by atoms with E-state index >= 15 is 0 Å². The first-order valence-corrected chi connectivity index (χ1v) is 9.18. The molecule has 0 radical (unpaired) electrons. The van der Waals surface area contributed by atoms with Gasteiger partial charge in [0.25, 0.3) is 0 Å². The average Bonchev–Trinajstić information content (AvgIpc) is 2.74. The van der Waals surface area contributed by atoms with Crippen LogP contribution >= 0.6 is 0 Å². The van der Waals surface area contributed by atoms with Crippen LogP contribution in [0.25, 0.3) is 11.1 Å². The summed E-state index contributed by atoms with van der Waals surface area (Å²) in [6.07, 6.45) is 3.22. The molecule has 0 bridgehead atoms. The van der Waals surface area contributed by atoms with Crippen molar-refractivity contribution in [3.05, 3.63) is 83.9 Å². The third-order valence-corrected chi connectivity index (χ3v) is 4.49. The van der Waals surface area contributed by atoms with Crippen molar-refractivity contribution in [3.8, 4) is 22.6 Å². The maximum Gasteiger partial charge on any atom is 0.122 e. The zero-order valence-corrected chi connectivity index (χ0v) is 15.6. The summed E-state index contributed by atoms with van der Waals surface area (Å²) >= 11 is 0. The first kappa shape index (κ1) is 18.7. The van der Waals surface area contributed by atoms with Crippen LogP contribution in [-0.2, 0) is 17.8 Å². The van der Waals surface area contributed by atoms with E-state index in [4.69, 9.17) is 9.47 Å². The number of aldehydes is 1. The van der Waals surface area contributed by atoms with E-state index in [2.05, 4.69) is 42.5 Å². The molecule has 0 fully saturated rings. The van der Waals surface area contributed by atoms with Gasteiger partial charge in [-0.1, -0.05) is 54.6 Å². The van der Waals surface area contributed by atoms with E-state index in [0.717, 1.165) is 52.9 Å². The Balaban J connectivity index is 1.68. The SMILES string of the molecule is COc1cc(-c2ccc(OCc3ccccc3)cc2)ccc1CCCC=O. The molecule has 0 saturated carbocycles. The quantitative estimate of drug-likeness (QED) is 0.375. The van der Waals surface area contributed by atoms with Gasteiger partial charge in [0.05, 0.1) is 7.11 Å². The highest BCUT2D eigenvalue weighted by Gasteiger charge is 2.07. The number of rotatable bonds is 9. The lowest BCUT2D eigenvalue weighted by molar-refractivity contribution is -0.107. The molecular formula is C24H24O3. The summed E-state index contributed by atoms with van der Waals surface area (Å²) in [7, 11) is 1.68. The average molecular weight is 360 g/mol. The minimum Gasteiger partial charge on any atom is -0.496 e. The third-order valence-electron chi connectivity index (χ3n) is 4.49. The van der Waals surface area contributed by atoms with Gasteiger partial charge in [-0.05, 0) is 53.3 Å². The molecule has 0 aliphatic rings. The number of hydrogen-bond donors (Lipinski definition) is 0. The van der Waals surface area contributed by atoms with Gasteiger partial charge in [-0.15, -0.1) is 0 Å². The van der Waals surface area contributed by atoms with E-state index in [9.17, 15) is 4.79 Å². The van der Waals surface area contributed by atoms with E-state index in [-0.39, 0.29) is 0 Å². The standard InChI is InChI=1S/C24H24O3/c1-26-24-17-22(11-10-21(24)9-5-6-16-25)20-12-14-23(15-13-20)27-18-19-7-3-2-4-8-19/h2-4,7-8,10-17H,5-6,9,18H2,1H3. The Bertz CT molecular complexity index is 855. The minimum absolute atomic E-state index is 0.559. The van der Waals surface area contributed by atoms with Crippen molar-refractivity contribution >= 4 is 6.29 Å². The summed E-state index contributed by atoms with van der Waals surface area (Å²) in [4.78, 5) is 10.5. The van der Waals surface area contributed by atoms with E-state index in [0.29, 0.717) is 13.0 Å². The molecule has 0 N–H and O–H groups in total. The molecule has 0 aromatic heterocycles. The van der Waals surface area contributed by atoms with Gasteiger partial charge in [0.1, 0.15) is 24.4 Å². The van der Waals surface area contributed by atoms with Gasteiger partial charge in [-0.2, -0.15) is 0 Å². The largest absolute Gasteiger partial charge is 0.496 e. The van der Waals surface area contributed by atoms with Crippen molar-refractivity contribution in [2.45, 2.75) is 25.9 Å². The first-order valence-electron chi connectivity index (χ1n) is 9.18. The summed E-state index contributed by atoms with van der Waals surface area (Å²) in [5.41, 5.74) is 4.49. The van der Waals surface area contributed by atoms with Crippen molar-refractivity contribution in [1.82, 2.24) is 0 Å². The highest BCUT2D eigenvalue weighted by atomic mass is 16.5. The molecule has 0 unspecified atom stereocenters. The van der Waals surface area contributed by atoms with E-state index in [1.165, 1.54) is 0 Å². The second-order valence-corrected chi connectivity index (χ2v) is 6.38. The van der Waals surface area contributed by atoms with Crippen LogP contribution in [-0.4, -0.2) is 13.4 Å². The smallest absolute Gasteiger partial charge is 0.122 e. The number of aryl methyl sites for hydroxylation is 1. The predicted octanol–water partition coefficient (Wildman–Crippen LogP) is 5.46. The lowest BCUT2D eigenvalue weighted by Gasteiger charge is -2.11. The van der Waals surface area contributed by atoms with Crippen LogP contribution < -0.4 is 9.47 Å². The summed E-state index contributed by atoms with van der Waals surface area (Å²) in [6, 6.07) is 24.4. The van der Waals surface area contributed by atoms with Gasteiger partial charge >= 0.3 is 0 Å². The number of carbonyl (C=O) groups is 1. The third kappa shape index (κ3) is 5.20. The number of benzene rings is 3. The van der Waals surface area contributed by atoms with Gasteiger partial charge in [0.15, 0.2) is 0 Å². The summed E-state index contributed by atoms with van der Waals surface area (Å²) < 4.78 is 11.4. The van der Waals surface area contributed by atoms with Crippen LogP contribution in [0.2, 0.25) is 0 Å². The molecule has 0 amide bonds. The Morgan fingerprint density at radius 1 is 0.889 bits per heavy atom. The number of methoxy groups -OCH3 is 1. The van der Waals surface area contributed by atoms with Gasteiger partial charge in [0.2, 0.25) is 0 Å². The van der Waals surface area contributed by atoms with Crippen LogP contribution in [0, 0.1) is 0 Å². The lowest BCUT2D eigenvalue weighted by Crippen LogP contribution is -1.95. The fourth-order valence-electron chi connectivity index (χ4n) is 2.99. The second-order valence-electron chi connectivity index (χ2n) is 6.38. The molecule has 0 atom stereocenters. The molecule has 3 aromatic rings. The summed E-state index contributed by atoms with van der Waals surface area (Å²) in [5, 5.41) is 0. The molecule has 0 aliphatic carbocycles. The number of carbonyl (C=O) groups excluding carboxylic acids is 1. The van der Waals surface area contributed by atoms with Crippen molar-refractivity contribution in [3.63, 3.8) is 0 Å². The Labute approximate surface area is 160 Å². The Morgan fingerprint density at radius 3 is 2.33 bits per heavy atom. The lowest BCUT2D eigenvalue weighted by atomic mass is 10.0. The Morgan fingerprint density at radius 2 is 1.63 bits per heavy atom. The van der Waals surface area contributed by atoms with E-state index in [1.54, 1.807) is 7.11 Å². The van der Waals surface area contributed by atoms with Crippen LogP contribution in [0.5, 0.6) is 11.5 Å². The van der Waals surface area contributed by atoms with Crippen LogP contribution in [0.4, 0.5) is 0 Å². The van der Waals surface area contributed by atoms with E-state index < -0.39 is 0 Å². The van der Waals surface area contributed by atoms with Gasteiger partial charge < -0.3 is 14.3 Å². The molecule has 0 heterocycles. The second kappa shape index (κ2) is 9.58. The molecule has 3 heteroatoms. The van der Waals surface area contributed by atoms with Crippen molar-refractivity contribution in [1.29, 1.82) is 0 Å². The van der Waals surface area contributed by atoms with E-state index in [1.807, 2.05) is 30.3 Å². The molecule has 3 aromatic carbocycles. The Hall–Kier alpha value is -3.07. The normalized spacial score (nSPS) is 10.4. The minimum atomic E-state index is 0.559. The molecule has 0 aliphatic heterocycles. The van der Waals surface area contributed by atoms with Crippen LogP contribution in [0.3, 0.4) is 0 Å². The first-order chi connectivity index (χ1) is 13.3. The van der Waals surface area contributed by atoms with Gasteiger partial charge in [-0.3, -0.25) is 0 Å². The number of ether oxygens (including phenoxy) is 2. The fourth-order valence-corrected chi connectivity index (χ4v) is 2.99. The van der Waals surface area contributed by atoms with Crippen molar-refractivity contribution in [2.75, 3.05) is 7.11 Å². The summed E-state index contributed by atoms with van der Waals surface area (Å²) in [5.74, 6) is 1.71.